The summed E-state index contributed by atoms with van der Waals surface area (Å²) in [5, 5.41) is 0.562. The lowest BCUT2D eigenvalue weighted by Gasteiger charge is -2.09. The highest BCUT2D eigenvalue weighted by Gasteiger charge is 2.15. The molecule has 1 nitrogen and oxygen atoms in total. The Balaban J connectivity index is 3.27. The molecule has 0 amide bonds. The molecule has 0 saturated heterocycles. The fourth-order valence-corrected chi connectivity index (χ4v) is 1.99. The van der Waals surface area contributed by atoms with Crippen molar-refractivity contribution in [1.82, 2.24) is 0 Å². The third kappa shape index (κ3) is 2.37. The summed E-state index contributed by atoms with van der Waals surface area (Å²) in [6.07, 6.45) is 0. The van der Waals surface area contributed by atoms with Crippen LogP contribution in [0.2, 0.25) is 5.02 Å². The molecule has 1 aromatic carbocycles. The van der Waals surface area contributed by atoms with Crippen LogP contribution in [-0.4, -0.2) is 5.78 Å². The zero-order valence-corrected chi connectivity index (χ0v) is 10.7. The average Bonchev–Trinajstić information content (AvgIpc) is 2.09. The van der Waals surface area contributed by atoms with Gasteiger partial charge in [-0.05, 0) is 24.6 Å². The molecule has 0 radical (unpaired) electrons. The molecule has 14 heavy (non-hydrogen) atoms. The highest BCUT2D eigenvalue weighted by atomic mass is 79.9. The summed E-state index contributed by atoms with van der Waals surface area (Å²) in [5.41, 5.74) is 1.53. The molecule has 0 fully saturated rings. The number of benzene rings is 1. The van der Waals surface area contributed by atoms with Crippen LogP contribution in [0.1, 0.15) is 29.8 Å². The Bertz CT molecular complexity index is 372. The molecular formula is C11H12BrClO. The van der Waals surface area contributed by atoms with Gasteiger partial charge in [0.1, 0.15) is 0 Å². The van der Waals surface area contributed by atoms with Crippen LogP contribution in [0.5, 0.6) is 0 Å². The molecule has 1 aromatic rings. The molecule has 0 atom stereocenters. The summed E-state index contributed by atoms with van der Waals surface area (Å²) in [5.74, 6) is 0.0561. The van der Waals surface area contributed by atoms with Gasteiger partial charge < -0.3 is 0 Å². The molecular weight excluding hydrogens is 263 g/mol. The quantitative estimate of drug-likeness (QED) is 0.738. The normalized spacial score (nSPS) is 10.7. The van der Waals surface area contributed by atoms with Crippen molar-refractivity contribution in [2.24, 2.45) is 5.92 Å². The van der Waals surface area contributed by atoms with E-state index in [0.717, 1.165) is 10.0 Å². The molecule has 0 heterocycles. The smallest absolute Gasteiger partial charge is 0.166 e. The number of halogens is 2. The van der Waals surface area contributed by atoms with Crippen LogP contribution in [-0.2, 0) is 0 Å². The molecule has 0 aliphatic rings. The largest absolute Gasteiger partial charge is 0.294 e. The van der Waals surface area contributed by atoms with E-state index in [1.54, 1.807) is 6.07 Å². The van der Waals surface area contributed by atoms with Crippen LogP contribution in [0, 0.1) is 12.8 Å². The van der Waals surface area contributed by atoms with Gasteiger partial charge in [-0.15, -0.1) is 0 Å². The number of rotatable bonds is 2. The maximum absolute atomic E-state index is 11.8. The molecule has 0 bridgehead atoms. The second kappa shape index (κ2) is 4.45. The van der Waals surface area contributed by atoms with Crippen LogP contribution in [0.3, 0.4) is 0 Å². The molecule has 0 aliphatic carbocycles. The minimum atomic E-state index is -0.0267. The molecule has 0 unspecified atom stereocenters. The lowest BCUT2D eigenvalue weighted by atomic mass is 9.99. The molecule has 0 saturated carbocycles. The van der Waals surface area contributed by atoms with Gasteiger partial charge in [0.15, 0.2) is 5.78 Å². The summed E-state index contributed by atoms with van der Waals surface area (Å²) >= 11 is 9.42. The van der Waals surface area contributed by atoms with E-state index in [9.17, 15) is 4.79 Å². The summed E-state index contributed by atoms with van der Waals surface area (Å²) in [6.45, 7) is 5.63. The summed E-state index contributed by atoms with van der Waals surface area (Å²) in [7, 11) is 0. The molecule has 0 spiro atoms. The molecule has 1 rings (SSSR count). The Kier molecular flexibility index (Phi) is 3.73. The Hall–Kier alpha value is -0.340. The minimum absolute atomic E-state index is 0.0267. The molecule has 0 aromatic heterocycles. The number of aryl methyl sites for hydroxylation is 1. The predicted molar refractivity (Wildman–Crippen MR) is 63.1 cm³/mol. The van der Waals surface area contributed by atoms with Crippen LogP contribution in [0.15, 0.2) is 16.6 Å². The minimum Gasteiger partial charge on any atom is -0.294 e. The third-order valence-corrected chi connectivity index (χ3v) is 2.97. The van der Waals surface area contributed by atoms with Gasteiger partial charge in [0.2, 0.25) is 0 Å². The first-order valence-electron chi connectivity index (χ1n) is 4.43. The van der Waals surface area contributed by atoms with Crippen LogP contribution in [0.4, 0.5) is 0 Å². The first kappa shape index (κ1) is 11.7. The summed E-state index contributed by atoms with van der Waals surface area (Å²) in [6, 6.07) is 3.68. The second-order valence-corrected chi connectivity index (χ2v) is 4.90. The van der Waals surface area contributed by atoms with Gasteiger partial charge >= 0.3 is 0 Å². The predicted octanol–water partition coefficient (Wildman–Crippen LogP) is 4.25. The van der Waals surface area contributed by atoms with Gasteiger partial charge in [-0.1, -0.05) is 41.4 Å². The number of hydrogen-bond acceptors (Lipinski definition) is 1. The first-order chi connectivity index (χ1) is 6.43. The topological polar surface area (TPSA) is 17.1 Å². The zero-order chi connectivity index (χ0) is 10.9. The summed E-state index contributed by atoms with van der Waals surface area (Å²) < 4.78 is 0.892. The maximum atomic E-state index is 11.8. The van der Waals surface area contributed by atoms with Crippen molar-refractivity contribution in [2.75, 3.05) is 0 Å². The van der Waals surface area contributed by atoms with Crippen molar-refractivity contribution in [1.29, 1.82) is 0 Å². The second-order valence-electron chi connectivity index (χ2n) is 3.60. The van der Waals surface area contributed by atoms with E-state index < -0.39 is 0 Å². The van der Waals surface area contributed by atoms with Gasteiger partial charge in [0.25, 0.3) is 0 Å². The van der Waals surface area contributed by atoms with Gasteiger partial charge in [0, 0.05) is 16.0 Å². The zero-order valence-electron chi connectivity index (χ0n) is 8.40. The molecule has 0 aliphatic heterocycles. The fourth-order valence-electron chi connectivity index (χ4n) is 1.22. The number of carbonyl (C=O) groups excluding carboxylic acids is 1. The standard InChI is InChI=1S/C11H12BrClO/c1-6(2)11(14)9-5-8(12)4-7(3)10(9)13/h4-6H,1-3H3. The van der Waals surface area contributed by atoms with Crippen LogP contribution >= 0.6 is 27.5 Å². The Labute approximate surface area is 97.6 Å². The Morgan fingerprint density at radius 2 is 2.00 bits per heavy atom. The van der Waals surface area contributed by atoms with Gasteiger partial charge in [-0.2, -0.15) is 0 Å². The molecule has 0 N–H and O–H groups in total. The van der Waals surface area contributed by atoms with Crippen LogP contribution < -0.4 is 0 Å². The van der Waals surface area contributed by atoms with Crippen molar-refractivity contribution in [3.05, 3.63) is 32.8 Å². The van der Waals surface area contributed by atoms with Gasteiger partial charge in [-0.3, -0.25) is 4.79 Å². The van der Waals surface area contributed by atoms with Crippen molar-refractivity contribution < 1.29 is 4.79 Å². The number of Topliss-reactive ketones (excluding diaryl/α,β-unsaturated/α-hetero) is 1. The van der Waals surface area contributed by atoms with Crippen molar-refractivity contribution in [3.63, 3.8) is 0 Å². The Morgan fingerprint density at radius 1 is 1.43 bits per heavy atom. The lowest BCUT2D eigenvalue weighted by molar-refractivity contribution is 0.0939. The van der Waals surface area contributed by atoms with E-state index in [1.807, 2.05) is 26.8 Å². The number of carbonyl (C=O) groups is 1. The summed E-state index contributed by atoms with van der Waals surface area (Å²) in [4.78, 5) is 11.8. The number of hydrogen-bond donors (Lipinski definition) is 0. The van der Waals surface area contributed by atoms with Crippen molar-refractivity contribution >= 4 is 33.3 Å². The lowest BCUT2D eigenvalue weighted by Crippen LogP contribution is -2.08. The van der Waals surface area contributed by atoms with Gasteiger partial charge in [-0.25, -0.2) is 0 Å². The van der Waals surface area contributed by atoms with E-state index in [-0.39, 0.29) is 11.7 Å². The Morgan fingerprint density at radius 3 is 2.50 bits per heavy atom. The van der Waals surface area contributed by atoms with Gasteiger partial charge in [0.05, 0.1) is 5.02 Å². The van der Waals surface area contributed by atoms with Crippen molar-refractivity contribution in [2.45, 2.75) is 20.8 Å². The molecule has 76 valence electrons. The first-order valence-corrected chi connectivity index (χ1v) is 5.60. The maximum Gasteiger partial charge on any atom is 0.166 e. The highest BCUT2D eigenvalue weighted by Crippen LogP contribution is 2.27. The highest BCUT2D eigenvalue weighted by molar-refractivity contribution is 9.10. The van der Waals surface area contributed by atoms with E-state index in [2.05, 4.69) is 15.9 Å². The van der Waals surface area contributed by atoms with E-state index >= 15 is 0 Å². The SMILES string of the molecule is Cc1cc(Br)cc(C(=O)C(C)C)c1Cl. The van der Waals surface area contributed by atoms with Crippen molar-refractivity contribution in [3.8, 4) is 0 Å². The average molecular weight is 276 g/mol. The van der Waals surface area contributed by atoms with E-state index in [0.29, 0.717) is 10.6 Å². The molecule has 3 heteroatoms. The third-order valence-electron chi connectivity index (χ3n) is 2.01. The number of ketones is 1. The van der Waals surface area contributed by atoms with Crippen LogP contribution in [0.25, 0.3) is 0 Å². The van der Waals surface area contributed by atoms with E-state index in [4.69, 9.17) is 11.6 Å². The monoisotopic (exact) mass is 274 g/mol. The fraction of sp³-hybridized carbons (Fsp3) is 0.364. The van der Waals surface area contributed by atoms with E-state index in [1.165, 1.54) is 0 Å².